The van der Waals surface area contributed by atoms with Crippen molar-refractivity contribution in [2.24, 2.45) is 5.84 Å². The number of anilines is 2. The van der Waals surface area contributed by atoms with Crippen LogP contribution < -0.4 is 25.1 Å². The summed E-state index contributed by atoms with van der Waals surface area (Å²) >= 11 is 0. The zero-order chi connectivity index (χ0) is 27.0. The van der Waals surface area contributed by atoms with Crippen LogP contribution in [-0.2, 0) is 4.79 Å². The van der Waals surface area contributed by atoms with Crippen molar-refractivity contribution in [3.8, 4) is 11.6 Å². The molecule has 10 heteroatoms. The maximum absolute atomic E-state index is 13.9. The smallest absolute Gasteiger partial charge is 0.420 e. The number of carbonyl (C=O) groups is 2. The van der Waals surface area contributed by atoms with Gasteiger partial charge in [-0.1, -0.05) is 18.2 Å². The molecule has 0 unspecified atom stereocenters. The van der Waals surface area contributed by atoms with E-state index in [0.717, 1.165) is 61.2 Å². The number of carbonyl (C=O) groups excluding carboxylic acids is 2. The number of hydrogen-bond acceptors (Lipinski definition) is 7. The normalized spacial score (nSPS) is 19.1. The van der Waals surface area contributed by atoms with Crippen LogP contribution in [0.5, 0.6) is 11.6 Å². The molecule has 0 bridgehead atoms. The molecule has 200 valence electrons. The number of fused-ring (bicyclic) bond motifs is 1. The van der Waals surface area contributed by atoms with Gasteiger partial charge in [0.05, 0.1) is 30.7 Å². The van der Waals surface area contributed by atoms with E-state index >= 15 is 0 Å². The number of methoxy groups -OCH3 is 1. The molecule has 2 heterocycles. The Morgan fingerprint density at radius 3 is 2.71 bits per heavy atom. The third-order valence-electron chi connectivity index (χ3n) is 7.09. The fourth-order valence-corrected chi connectivity index (χ4v) is 5.15. The Bertz CT molecular complexity index is 1320. The van der Waals surface area contributed by atoms with Gasteiger partial charge in [0.25, 0.3) is 5.88 Å². The van der Waals surface area contributed by atoms with E-state index in [1.165, 1.54) is 18.9 Å². The van der Waals surface area contributed by atoms with Crippen LogP contribution in [0.25, 0.3) is 5.57 Å². The molecule has 5 rings (SSSR count). The molecular weight excluding hydrogens is 489 g/mol. The standard InChI is InChI=1S/C28H32FN5O4/c1-17-16-32(28(36)38-26-14-20(29)15-31-27(26)37-3)25-13-19(9-12-24(25)33(17)18(2)35)22-7-5-4-6-8-23(22)34(30)21-10-11-21/h5,7,9,12-15,17,21H,4,6,8,10-11,16,30H2,1-3H3/t17-/m0/s1. The molecule has 2 aliphatic carbocycles. The van der Waals surface area contributed by atoms with Crippen LogP contribution in [0.2, 0.25) is 0 Å². The number of pyridine rings is 1. The summed E-state index contributed by atoms with van der Waals surface area (Å²) in [6.07, 6.45) is 9.43. The van der Waals surface area contributed by atoms with Gasteiger partial charge in [-0.3, -0.25) is 9.69 Å². The second-order valence-corrected chi connectivity index (χ2v) is 9.87. The van der Waals surface area contributed by atoms with Crippen LogP contribution in [-0.4, -0.2) is 47.7 Å². The number of aromatic nitrogens is 1. The van der Waals surface area contributed by atoms with Crippen LogP contribution in [0, 0.1) is 5.82 Å². The minimum atomic E-state index is -0.729. The fraction of sp³-hybridized carbons (Fsp3) is 0.393. The van der Waals surface area contributed by atoms with Gasteiger partial charge in [0.1, 0.15) is 5.82 Å². The minimum absolute atomic E-state index is 0.00866. The highest BCUT2D eigenvalue weighted by atomic mass is 19.1. The molecule has 1 saturated carbocycles. The summed E-state index contributed by atoms with van der Waals surface area (Å²) in [5.74, 6) is 5.60. The van der Waals surface area contributed by atoms with Crippen LogP contribution in [0.15, 0.2) is 48.3 Å². The van der Waals surface area contributed by atoms with Gasteiger partial charge >= 0.3 is 6.09 Å². The second-order valence-electron chi connectivity index (χ2n) is 9.87. The number of hydrogen-bond donors (Lipinski definition) is 1. The highest BCUT2D eigenvalue weighted by Crippen LogP contribution is 2.41. The highest BCUT2D eigenvalue weighted by molar-refractivity contribution is 6.03. The number of nitrogens with two attached hydrogens (primary N) is 1. The second kappa shape index (κ2) is 10.4. The molecule has 2 aromatic rings. The zero-order valence-corrected chi connectivity index (χ0v) is 21.8. The molecule has 3 aliphatic rings. The largest absolute Gasteiger partial charge is 0.478 e. The third kappa shape index (κ3) is 4.96. The Labute approximate surface area is 221 Å². The summed E-state index contributed by atoms with van der Waals surface area (Å²) in [4.78, 5) is 33.1. The lowest BCUT2D eigenvalue weighted by atomic mass is 9.98. The predicted molar refractivity (Wildman–Crippen MR) is 142 cm³/mol. The van der Waals surface area contributed by atoms with Gasteiger partial charge in [0.2, 0.25) is 5.91 Å². The molecular formula is C28H32FN5O4. The average Bonchev–Trinajstić information content (AvgIpc) is 3.75. The van der Waals surface area contributed by atoms with Crippen molar-refractivity contribution in [1.82, 2.24) is 9.99 Å². The Hall–Kier alpha value is -3.92. The number of ether oxygens (including phenoxy) is 2. The molecule has 1 fully saturated rings. The molecule has 1 aliphatic heterocycles. The van der Waals surface area contributed by atoms with Crippen molar-refractivity contribution in [2.75, 3.05) is 23.5 Å². The van der Waals surface area contributed by atoms with E-state index in [9.17, 15) is 14.0 Å². The van der Waals surface area contributed by atoms with E-state index in [1.54, 1.807) is 4.90 Å². The maximum Gasteiger partial charge on any atom is 0.420 e. The van der Waals surface area contributed by atoms with E-state index in [2.05, 4.69) is 17.1 Å². The summed E-state index contributed by atoms with van der Waals surface area (Å²) in [5.41, 5.74) is 4.06. The van der Waals surface area contributed by atoms with E-state index in [1.807, 2.05) is 30.1 Å². The molecule has 1 atom stereocenters. The summed E-state index contributed by atoms with van der Waals surface area (Å²) < 4.78 is 24.6. The number of amides is 2. The van der Waals surface area contributed by atoms with Crippen molar-refractivity contribution < 1.29 is 23.5 Å². The Morgan fingerprint density at radius 2 is 2.00 bits per heavy atom. The first-order valence-corrected chi connectivity index (χ1v) is 12.8. The van der Waals surface area contributed by atoms with E-state index in [0.29, 0.717) is 17.4 Å². The zero-order valence-electron chi connectivity index (χ0n) is 21.8. The molecule has 0 radical (unpaired) electrons. The summed E-state index contributed by atoms with van der Waals surface area (Å²) in [7, 11) is 1.36. The molecule has 38 heavy (non-hydrogen) atoms. The summed E-state index contributed by atoms with van der Waals surface area (Å²) in [6.45, 7) is 3.55. The SMILES string of the molecule is COc1ncc(F)cc1OC(=O)N1C[C@H](C)N(C(C)=O)c2ccc(C3=C(N(N)C4CC4)CCCC=C3)cc21. The van der Waals surface area contributed by atoms with E-state index in [-0.39, 0.29) is 30.1 Å². The third-order valence-corrected chi connectivity index (χ3v) is 7.09. The first-order valence-electron chi connectivity index (χ1n) is 12.8. The molecule has 2 amide bonds. The molecule has 1 aromatic heterocycles. The number of allylic oxidation sites excluding steroid dienone is 4. The number of hydrazine groups is 1. The van der Waals surface area contributed by atoms with E-state index < -0.39 is 11.9 Å². The lowest BCUT2D eigenvalue weighted by molar-refractivity contribution is -0.117. The quantitative estimate of drug-likeness (QED) is 0.446. The van der Waals surface area contributed by atoms with Crippen molar-refractivity contribution in [2.45, 2.75) is 58.0 Å². The topological polar surface area (TPSA) is 101 Å². The predicted octanol–water partition coefficient (Wildman–Crippen LogP) is 4.78. The molecule has 2 N–H and O–H groups in total. The van der Waals surface area contributed by atoms with Gasteiger partial charge in [0.15, 0.2) is 5.75 Å². The van der Waals surface area contributed by atoms with Gasteiger partial charge < -0.3 is 19.4 Å². The van der Waals surface area contributed by atoms with Gasteiger partial charge in [0, 0.05) is 36.8 Å². The van der Waals surface area contributed by atoms with E-state index in [4.69, 9.17) is 15.3 Å². The number of benzene rings is 1. The molecule has 9 nitrogen and oxygen atoms in total. The monoisotopic (exact) mass is 521 g/mol. The number of rotatable bonds is 5. The van der Waals surface area contributed by atoms with Crippen LogP contribution >= 0.6 is 0 Å². The van der Waals surface area contributed by atoms with Crippen molar-refractivity contribution in [3.05, 3.63) is 59.7 Å². The van der Waals surface area contributed by atoms with Gasteiger partial charge in [-0.05, 0) is 56.7 Å². The average molecular weight is 522 g/mol. The van der Waals surface area contributed by atoms with Gasteiger partial charge in [-0.15, -0.1) is 0 Å². The molecule has 0 saturated heterocycles. The van der Waals surface area contributed by atoms with Crippen molar-refractivity contribution in [3.63, 3.8) is 0 Å². The van der Waals surface area contributed by atoms with Crippen molar-refractivity contribution in [1.29, 1.82) is 0 Å². The van der Waals surface area contributed by atoms with Crippen LogP contribution in [0.4, 0.5) is 20.6 Å². The summed E-state index contributed by atoms with van der Waals surface area (Å²) in [6, 6.07) is 6.80. The summed E-state index contributed by atoms with van der Waals surface area (Å²) in [5, 5.41) is 1.89. The first-order chi connectivity index (χ1) is 18.3. The van der Waals surface area contributed by atoms with Gasteiger partial charge in [-0.2, -0.15) is 0 Å². The fourth-order valence-electron chi connectivity index (χ4n) is 5.15. The highest BCUT2D eigenvalue weighted by Gasteiger charge is 2.36. The minimum Gasteiger partial charge on any atom is -0.478 e. The molecule has 0 spiro atoms. The Morgan fingerprint density at radius 1 is 1.21 bits per heavy atom. The van der Waals surface area contributed by atoms with Gasteiger partial charge in [-0.25, -0.2) is 20.0 Å². The lowest BCUT2D eigenvalue weighted by Gasteiger charge is -2.40. The maximum atomic E-state index is 13.9. The Kier molecular flexibility index (Phi) is 7.07. The lowest BCUT2D eigenvalue weighted by Crippen LogP contribution is -2.52. The van der Waals surface area contributed by atoms with Crippen LogP contribution in [0.1, 0.15) is 51.5 Å². The van der Waals surface area contributed by atoms with Crippen molar-refractivity contribution >= 4 is 28.9 Å². The number of halogens is 1. The molecule has 1 aromatic carbocycles. The first kappa shape index (κ1) is 25.7. The number of nitrogens with zero attached hydrogens (tertiary/aromatic N) is 4. The Balaban J connectivity index is 1.58. The van der Waals surface area contributed by atoms with Crippen LogP contribution in [0.3, 0.4) is 0 Å².